The van der Waals surface area contributed by atoms with E-state index >= 15 is 0 Å². The molecule has 9 heteroatoms. The molecule has 7 nitrogen and oxygen atoms in total. The third-order valence-corrected chi connectivity index (χ3v) is 5.22. The molecule has 0 unspecified atom stereocenters. The van der Waals surface area contributed by atoms with Gasteiger partial charge in [0.15, 0.2) is 11.5 Å². The molecule has 0 bridgehead atoms. The molecule has 156 valence electrons. The van der Waals surface area contributed by atoms with Gasteiger partial charge in [-0.25, -0.2) is 12.8 Å². The SMILES string of the molecule is C=CCNC(=O)c1cc(OC)c(OC)cc1N(Cc1ccccc1F)S(C)(=O)=O. The minimum absolute atomic E-state index is 0.0336. The van der Waals surface area contributed by atoms with Gasteiger partial charge in [0.1, 0.15) is 5.82 Å². The van der Waals surface area contributed by atoms with Gasteiger partial charge in [-0.3, -0.25) is 9.10 Å². The van der Waals surface area contributed by atoms with Crippen LogP contribution in [0.25, 0.3) is 0 Å². The van der Waals surface area contributed by atoms with E-state index in [1.54, 1.807) is 6.07 Å². The largest absolute Gasteiger partial charge is 0.493 e. The van der Waals surface area contributed by atoms with Crippen LogP contribution in [0.5, 0.6) is 11.5 Å². The molecule has 1 amide bonds. The maximum absolute atomic E-state index is 14.2. The average Bonchev–Trinajstić information content (AvgIpc) is 2.69. The summed E-state index contributed by atoms with van der Waals surface area (Å²) in [4.78, 5) is 12.7. The maximum Gasteiger partial charge on any atom is 0.253 e. The van der Waals surface area contributed by atoms with Gasteiger partial charge in [0, 0.05) is 18.2 Å². The highest BCUT2D eigenvalue weighted by atomic mass is 32.2. The van der Waals surface area contributed by atoms with Crippen molar-refractivity contribution in [1.29, 1.82) is 0 Å². The Kier molecular flexibility index (Phi) is 7.22. The molecule has 0 heterocycles. The smallest absolute Gasteiger partial charge is 0.253 e. The quantitative estimate of drug-likeness (QED) is 0.628. The number of hydrogen-bond donors (Lipinski definition) is 1. The number of ether oxygens (including phenoxy) is 2. The Morgan fingerprint density at radius 1 is 1.21 bits per heavy atom. The first kappa shape index (κ1) is 22.2. The summed E-state index contributed by atoms with van der Waals surface area (Å²) in [5, 5.41) is 2.61. The van der Waals surface area contributed by atoms with E-state index < -0.39 is 21.7 Å². The van der Waals surface area contributed by atoms with Crippen molar-refractivity contribution in [2.24, 2.45) is 0 Å². The van der Waals surface area contributed by atoms with Crippen molar-refractivity contribution in [1.82, 2.24) is 5.32 Å². The van der Waals surface area contributed by atoms with Crippen LogP contribution in [0.2, 0.25) is 0 Å². The number of halogens is 1. The second-order valence-corrected chi connectivity index (χ2v) is 7.99. The third-order valence-electron chi connectivity index (χ3n) is 4.09. The average molecular weight is 422 g/mol. The van der Waals surface area contributed by atoms with Crippen LogP contribution in [0.4, 0.5) is 10.1 Å². The summed E-state index contributed by atoms with van der Waals surface area (Å²) < 4.78 is 50.8. The standard InChI is InChI=1S/C20H23FN2O5S/c1-5-10-22-20(24)15-11-18(27-2)19(28-3)12-17(15)23(29(4,25)26)13-14-8-6-7-9-16(14)21/h5-9,11-12H,1,10,13H2,2-4H3,(H,22,24). The zero-order chi connectivity index (χ0) is 21.6. The molecule has 0 atom stereocenters. The molecule has 1 N–H and O–H groups in total. The molecule has 0 fully saturated rings. The summed E-state index contributed by atoms with van der Waals surface area (Å²) in [6, 6.07) is 8.59. The van der Waals surface area contributed by atoms with E-state index in [0.29, 0.717) is 0 Å². The molecule has 2 aromatic carbocycles. The number of sulfonamides is 1. The van der Waals surface area contributed by atoms with Crippen molar-refractivity contribution in [3.8, 4) is 11.5 Å². The van der Waals surface area contributed by atoms with Crippen LogP contribution in [-0.4, -0.2) is 41.3 Å². The van der Waals surface area contributed by atoms with E-state index in [1.165, 1.54) is 50.6 Å². The summed E-state index contributed by atoms with van der Waals surface area (Å²) in [6.07, 6.45) is 2.47. The number of benzene rings is 2. The molecule has 0 saturated carbocycles. The lowest BCUT2D eigenvalue weighted by atomic mass is 10.1. The number of anilines is 1. The molecule has 0 radical (unpaired) electrons. The summed E-state index contributed by atoms with van der Waals surface area (Å²) in [5.74, 6) is -0.619. The van der Waals surface area contributed by atoms with E-state index in [4.69, 9.17) is 9.47 Å². The van der Waals surface area contributed by atoms with Crippen LogP contribution in [-0.2, 0) is 16.6 Å². The Morgan fingerprint density at radius 3 is 2.38 bits per heavy atom. The second-order valence-electron chi connectivity index (χ2n) is 6.08. The summed E-state index contributed by atoms with van der Waals surface area (Å²) in [6.45, 7) is 3.42. The zero-order valence-corrected chi connectivity index (χ0v) is 17.3. The minimum atomic E-state index is -3.88. The second kappa shape index (κ2) is 9.42. The number of nitrogens with zero attached hydrogens (tertiary/aromatic N) is 1. The number of carbonyl (C=O) groups excluding carboxylic acids is 1. The van der Waals surface area contributed by atoms with Crippen molar-refractivity contribution in [2.75, 3.05) is 31.3 Å². The summed E-state index contributed by atoms with van der Waals surface area (Å²) in [7, 11) is -1.09. The zero-order valence-electron chi connectivity index (χ0n) is 16.4. The van der Waals surface area contributed by atoms with Crippen LogP contribution >= 0.6 is 0 Å². The lowest BCUT2D eigenvalue weighted by molar-refractivity contribution is 0.0958. The van der Waals surface area contributed by atoms with E-state index in [9.17, 15) is 17.6 Å². The fourth-order valence-corrected chi connectivity index (χ4v) is 3.56. The fraction of sp³-hybridized carbons (Fsp3) is 0.250. The topological polar surface area (TPSA) is 84.9 Å². The Morgan fingerprint density at radius 2 is 1.83 bits per heavy atom. The molecule has 0 aliphatic carbocycles. The third kappa shape index (κ3) is 5.26. The molecule has 2 aromatic rings. The van der Waals surface area contributed by atoms with Crippen LogP contribution in [0.1, 0.15) is 15.9 Å². The Balaban J connectivity index is 2.68. The molecule has 0 spiro atoms. The van der Waals surface area contributed by atoms with Crippen molar-refractivity contribution >= 4 is 21.6 Å². The van der Waals surface area contributed by atoms with Gasteiger partial charge < -0.3 is 14.8 Å². The van der Waals surface area contributed by atoms with Gasteiger partial charge in [-0.1, -0.05) is 24.3 Å². The molecular formula is C20H23FN2O5S. The minimum Gasteiger partial charge on any atom is -0.493 e. The number of rotatable bonds is 9. The highest BCUT2D eigenvalue weighted by Crippen LogP contribution is 2.37. The lowest BCUT2D eigenvalue weighted by Crippen LogP contribution is -2.33. The molecule has 0 saturated heterocycles. The first-order valence-electron chi connectivity index (χ1n) is 8.59. The number of amides is 1. The predicted octanol–water partition coefficient (Wildman–Crippen LogP) is 2.72. The van der Waals surface area contributed by atoms with E-state index in [2.05, 4.69) is 11.9 Å². The number of nitrogens with one attached hydrogen (secondary N) is 1. The van der Waals surface area contributed by atoms with Crippen molar-refractivity contribution in [3.05, 3.63) is 66.0 Å². The highest BCUT2D eigenvalue weighted by molar-refractivity contribution is 7.92. The van der Waals surface area contributed by atoms with Gasteiger partial charge in [-0.15, -0.1) is 6.58 Å². The fourth-order valence-electron chi connectivity index (χ4n) is 2.68. The molecule has 0 aromatic heterocycles. The van der Waals surface area contributed by atoms with Crippen molar-refractivity contribution < 1.29 is 27.1 Å². The number of methoxy groups -OCH3 is 2. The Labute approximate surface area is 169 Å². The van der Waals surface area contributed by atoms with Crippen LogP contribution < -0.4 is 19.1 Å². The van der Waals surface area contributed by atoms with Gasteiger partial charge >= 0.3 is 0 Å². The van der Waals surface area contributed by atoms with Gasteiger partial charge in [0.05, 0.1) is 38.3 Å². The van der Waals surface area contributed by atoms with Crippen LogP contribution in [0.3, 0.4) is 0 Å². The first-order chi connectivity index (χ1) is 13.7. The lowest BCUT2D eigenvalue weighted by Gasteiger charge is -2.26. The van der Waals surface area contributed by atoms with Crippen LogP contribution in [0.15, 0.2) is 49.1 Å². The molecular weight excluding hydrogens is 399 g/mol. The predicted molar refractivity (Wildman–Crippen MR) is 110 cm³/mol. The Hall–Kier alpha value is -3.07. The van der Waals surface area contributed by atoms with Gasteiger partial charge in [0.25, 0.3) is 5.91 Å². The molecule has 2 rings (SSSR count). The van der Waals surface area contributed by atoms with Crippen LogP contribution in [0, 0.1) is 5.82 Å². The van der Waals surface area contributed by atoms with E-state index in [0.717, 1.165) is 10.6 Å². The molecule has 0 aliphatic heterocycles. The summed E-state index contributed by atoms with van der Waals surface area (Å²) in [5.41, 5.74) is 0.228. The monoisotopic (exact) mass is 422 g/mol. The number of hydrogen-bond acceptors (Lipinski definition) is 5. The van der Waals surface area contributed by atoms with Gasteiger partial charge in [-0.05, 0) is 12.1 Å². The van der Waals surface area contributed by atoms with Gasteiger partial charge in [0.2, 0.25) is 10.0 Å². The highest BCUT2D eigenvalue weighted by Gasteiger charge is 2.27. The Bertz CT molecular complexity index is 1010. The molecule has 0 aliphatic rings. The normalized spacial score (nSPS) is 10.9. The van der Waals surface area contributed by atoms with Crippen molar-refractivity contribution in [2.45, 2.75) is 6.54 Å². The number of carbonyl (C=O) groups is 1. The van der Waals surface area contributed by atoms with E-state index in [-0.39, 0.29) is 41.4 Å². The van der Waals surface area contributed by atoms with Gasteiger partial charge in [-0.2, -0.15) is 0 Å². The summed E-state index contributed by atoms with van der Waals surface area (Å²) >= 11 is 0. The maximum atomic E-state index is 14.2. The molecule has 29 heavy (non-hydrogen) atoms. The van der Waals surface area contributed by atoms with E-state index in [1.807, 2.05) is 0 Å². The van der Waals surface area contributed by atoms with Crippen molar-refractivity contribution in [3.63, 3.8) is 0 Å². The first-order valence-corrected chi connectivity index (χ1v) is 10.4.